The fraction of sp³-hybridized carbons (Fsp3) is 0.333. The summed E-state index contributed by atoms with van der Waals surface area (Å²) in [5, 5.41) is 6.24. The van der Waals surface area contributed by atoms with Crippen LogP contribution in [0.3, 0.4) is 0 Å². The van der Waals surface area contributed by atoms with Gasteiger partial charge in [-0.15, -0.1) is 0 Å². The molecule has 1 aliphatic rings. The van der Waals surface area contributed by atoms with Gasteiger partial charge < -0.3 is 5.32 Å². The molecule has 0 aromatic heterocycles. The van der Waals surface area contributed by atoms with Crippen LogP contribution in [0.25, 0.3) is 0 Å². The first-order valence-corrected chi connectivity index (χ1v) is 8.88. The number of amides is 2. The number of nitrogens with one attached hydrogen (secondary N) is 2. The Hall–Kier alpha value is -2.66. The van der Waals surface area contributed by atoms with E-state index in [-0.39, 0.29) is 17.9 Å². The molecule has 5 heteroatoms. The molecule has 2 N–H and O–H groups in total. The van der Waals surface area contributed by atoms with E-state index in [9.17, 15) is 9.59 Å². The van der Waals surface area contributed by atoms with Gasteiger partial charge in [-0.3, -0.25) is 19.8 Å². The Labute approximate surface area is 154 Å². The number of nitrogens with zero attached hydrogens (tertiary/aromatic N) is 1. The summed E-state index contributed by atoms with van der Waals surface area (Å²) in [7, 11) is 0. The highest BCUT2D eigenvalue weighted by Crippen LogP contribution is 2.37. The Bertz CT molecular complexity index is 817. The molecule has 0 fully saturated rings. The van der Waals surface area contributed by atoms with E-state index in [2.05, 4.69) is 10.6 Å². The molecule has 0 saturated carbocycles. The maximum atomic E-state index is 13.3. The molecule has 2 atom stereocenters. The molecule has 0 unspecified atom stereocenters. The lowest BCUT2D eigenvalue weighted by atomic mass is 9.95. The first-order valence-electron chi connectivity index (χ1n) is 8.88. The number of anilines is 2. The minimum Gasteiger partial charge on any atom is -0.322 e. The second-order valence-corrected chi connectivity index (χ2v) is 7.22. The van der Waals surface area contributed by atoms with Gasteiger partial charge >= 0.3 is 0 Å². The third-order valence-electron chi connectivity index (χ3n) is 4.90. The lowest BCUT2D eigenvalue weighted by molar-refractivity contribution is -0.127. The molecule has 1 aliphatic heterocycles. The van der Waals surface area contributed by atoms with Crippen molar-refractivity contribution in [1.29, 1.82) is 0 Å². The highest BCUT2D eigenvalue weighted by molar-refractivity contribution is 6.15. The molecular formula is C21H25N3O2. The topological polar surface area (TPSA) is 61.4 Å². The predicted molar refractivity (Wildman–Crippen MR) is 104 cm³/mol. The summed E-state index contributed by atoms with van der Waals surface area (Å²) in [4.78, 5) is 27.4. The lowest BCUT2D eigenvalue weighted by Crippen LogP contribution is -2.61. The van der Waals surface area contributed by atoms with Crippen LogP contribution < -0.4 is 15.5 Å². The molecule has 3 rings (SSSR count). The Morgan fingerprint density at radius 3 is 2.35 bits per heavy atom. The summed E-state index contributed by atoms with van der Waals surface area (Å²) in [6, 6.07) is 17.0. The first kappa shape index (κ1) is 18.1. The van der Waals surface area contributed by atoms with Crippen molar-refractivity contribution < 1.29 is 9.59 Å². The van der Waals surface area contributed by atoms with Crippen LogP contribution in [0.2, 0.25) is 0 Å². The van der Waals surface area contributed by atoms with Crippen molar-refractivity contribution in [1.82, 2.24) is 5.32 Å². The molecule has 1 heterocycles. The van der Waals surface area contributed by atoms with Crippen molar-refractivity contribution in [3.05, 3.63) is 60.2 Å². The molecule has 0 aliphatic carbocycles. The van der Waals surface area contributed by atoms with Gasteiger partial charge in [0.1, 0.15) is 5.54 Å². The van der Waals surface area contributed by atoms with Crippen molar-refractivity contribution in [2.24, 2.45) is 0 Å². The smallest absolute Gasteiger partial charge is 0.250 e. The molecule has 2 amide bonds. The fourth-order valence-corrected chi connectivity index (χ4v) is 3.32. The Morgan fingerprint density at radius 1 is 1.04 bits per heavy atom. The summed E-state index contributed by atoms with van der Waals surface area (Å²) in [5.74, 6) is -0.312. The van der Waals surface area contributed by atoms with Crippen molar-refractivity contribution in [2.45, 2.75) is 45.3 Å². The number of benzene rings is 2. The Kier molecular flexibility index (Phi) is 4.83. The number of fused-ring (bicyclic) bond motifs is 1. The van der Waals surface area contributed by atoms with Crippen LogP contribution in [0.4, 0.5) is 11.4 Å². The van der Waals surface area contributed by atoms with E-state index in [4.69, 9.17) is 0 Å². The predicted octanol–water partition coefficient (Wildman–Crippen LogP) is 3.49. The summed E-state index contributed by atoms with van der Waals surface area (Å²) in [6.45, 7) is 7.40. The van der Waals surface area contributed by atoms with Gasteiger partial charge in [-0.05, 0) is 45.4 Å². The van der Waals surface area contributed by atoms with Crippen LogP contribution in [-0.2, 0) is 9.59 Å². The second kappa shape index (κ2) is 6.92. The van der Waals surface area contributed by atoms with Crippen LogP contribution in [0.5, 0.6) is 0 Å². The first-order chi connectivity index (χ1) is 12.3. The molecule has 0 saturated heterocycles. The number of para-hydroxylation sites is 2. The molecule has 136 valence electrons. The van der Waals surface area contributed by atoms with Crippen molar-refractivity contribution in [3.8, 4) is 0 Å². The normalized spacial score (nSPS) is 17.8. The van der Waals surface area contributed by atoms with Gasteiger partial charge in [0.25, 0.3) is 0 Å². The third-order valence-corrected chi connectivity index (χ3v) is 4.90. The van der Waals surface area contributed by atoms with Crippen LogP contribution in [0, 0.1) is 0 Å². The van der Waals surface area contributed by atoms with Gasteiger partial charge in [-0.1, -0.05) is 42.5 Å². The van der Waals surface area contributed by atoms with Crippen LogP contribution in [0.1, 0.15) is 39.3 Å². The second-order valence-electron chi connectivity index (χ2n) is 7.22. The molecular weight excluding hydrogens is 326 g/mol. The Balaban J connectivity index is 1.86. The van der Waals surface area contributed by atoms with E-state index in [1.54, 1.807) is 18.7 Å². The zero-order valence-electron chi connectivity index (χ0n) is 15.6. The van der Waals surface area contributed by atoms with Crippen LogP contribution >= 0.6 is 0 Å². The maximum Gasteiger partial charge on any atom is 0.250 e. The highest BCUT2D eigenvalue weighted by atomic mass is 16.2. The van der Waals surface area contributed by atoms with Crippen LogP contribution in [-0.4, -0.2) is 23.4 Å². The molecule has 5 nitrogen and oxygen atoms in total. The maximum absolute atomic E-state index is 13.3. The summed E-state index contributed by atoms with van der Waals surface area (Å²) in [6.07, 6.45) is 0. The van der Waals surface area contributed by atoms with E-state index in [0.29, 0.717) is 5.69 Å². The average molecular weight is 351 g/mol. The molecule has 0 radical (unpaired) electrons. The molecule has 2 aromatic rings. The lowest BCUT2D eigenvalue weighted by Gasteiger charge is -2.43. The third kappa shape index (κ3) is 3.22. The van der Waals surface area contributed by atoms with Crippen LogP contribution in [0.15, 0.2) is 54.6 Å². The van der Waals surface area contributed by atoms with Gasteiger partial charge in [-0.25, -0.2) is 0 Å². The fourth-order valence-electron chi connectivity index (χ4n) is 3.32. The van der Waals surface area contributed by atoms with Crippen molar-refractivity contribution in [2.75, 3.05) is 10.2 Å². The highest BCUT2D eigenvalue weighted by Gasteiger charge is 2.44. The number of hydrogen-bond acceptors (Lipinski definition) is 3. The minimum atomic E-state index is -0.961. The van der Waals surface area contributed by atoms with Gasteiger partial charge in [0.15, 0.2) is 0 Å². The summed E-state index contributed by atoms with van der Waals surface area (Å²) >= 11 is 0. The quantitative estimate of drug-likeness (QED) is 0.886. The van der Waals surface area contributed by atoms with E-state index < -0.39 is 11.6 Å². The Morgan fingerprint density at radius 2 is 1.65 bits per heavy atom. The molecule has 26 heavy (non-hydrogen) atoms. The van der Waals surface area contributed by atoms with Crippen molar-refractivity contribution in [3.63, 3.8) is 0 Å². The van der Waals surface area contributed by atoms with E-state index >= 15 is 0 Å². The van der Waals surface area contributed by atoms with Gasteiger partial charge in [0.05, 0.1) is 17.4 Å². The van der Waals surface area contributed by atoms with E-state index in [0.717, 1.165) is 11.3 Å². The van der Waals surface area contributed by atoms with Gasteiger partial charge in [-0.2, -0.15) is 0 Å². The monoisotopic (exact) mass is 351 g/mol. The standard InChI is InChI=1S/C21H25N3O2/c1-14(16-10-6-5-7-11-16)22-15(2)19(25)24-18-13-9-8-12-17(18)23-20(26)21(24,3)4/h5-15,22H,1-4H3,(H,23,26)/t14-,15+/m0/s1. The van der Waals surface area contributed by atoms with Gasteiger partial charge in [0, 0.05) is 6.04 Å². The minimum absolute atomic E-state index is 0.0205. The summed E-state index contributed by atoms with van der Waals surface area (Å²) in [5.41, 5.74) is 1.54. The van der Waals surface area contributed by atoms with E-state index in [1.165, 1.54) is 0 Å². The average Bonchev–Trinajstić information content (AvgIpc) is 2.62. The largest absolute Gasteiger partial charge is 0.322 e. The molecule has 0 bridgehead atoms. The SMILES string of the molecule is C[C@H](N[C@H](C)C(=O)N1c2ccccc2NC(=O)C1(C)C)c1ccccc1. The zero-order chi connectivity index (χ0) is 18.9. The molecule has 2 aromatic carbocycles. The van der Waals surface area contributed by atoms with Crippen molar-refractivity contribution >= 4 is 23.2 Å². The zero-order valence-corrected chi connectivity index (χ0v) is 15.6. The molecule has 0 spiro atoms. The van der Waals surface area contributed by atoms with E-state index in [1.807, 2.05) is 68.4 Å². The number of carbonyl (C=O) groups excluding carboxylic acids is 2. The number of carbonyl (C=O) groups is 2. The summed E-state index contributed by atoms with van der Waals surface area (Å²) < 4.78 is 0. The number of rotatable bonds is 4. The number of hydrogen-bond donors (Lipinski definition) is 2. The van der Waals surface area contributed by atoms with Gasteiger partial charge in [0.2, 0.25) is 11.8 Å².